The maximum Gasteiger partial charge on any atom is 0.305 e. The summed E-state index contributed by atoms with van der Waals surface area (Å²) in [5, 5.41) is 4.42. The van der Waals surface area contributed by atoms with Gasteiger partial charge in [0, 0.05) is 11.8 Å². The molecule has 0 saturated heterocycles. The molecule has 7 atom stereocenters. The molecule has 5 heteroatoms. The Balaban J connectivity index is 1.31. The van der Waals surface area contributed by atoms with E-state index >= 15 is 0 Å². The van der Waals surface area contributed by atoms with Crippen LogP contribution in [0.25, 0.3) is 0 Å². The number of hydrogen-bond acceptors (Lipinski definition) is 5. The van der Waals surface area contributed by atoms with Crippen LogP contribution in [0.5, 0.6) is 0 Å². The number of ketones is 1. The Bertz CT molecular complexity index is 923. The Morgan fingerprint density at radius 3 is 2.66 bits per heavy atom. The second kappa shape index (κ2) is 9.34. The molecule has 0 unspecified atom stereocenters. The Hall–Kier alpha value is -1.65. The number of hydrogen-bond donors (Lipinski definition) is 0. The highest BCUT2D eigenvalue weighted by Crippen LogP contribution is 2.74. The molecule has 0 aromatic heterocycles. The number of nitrogens with zero attached hydrogens (tertiary/aromatic N) is 1. The lowest BCUT2D eigenvalue weighted by Crippen LogP contribution is -2.55. The lowest BCUT2D eigenvalue weighted by atomic mass is 9.44. The van der Waals surface area contributed by atoms with Gasteiger partial charge in [0.2, 0.25) is 0 Å². The van der Waals surface area contributed by atoms with Gasteiger partial charge in [-0.25, -0.2) is 0 Å². The van der Waals surface area contributed by atoms with Gasteiger partial charge < -0.3 is 9.57 Å². The Morgan fingerprint density at radius 2 is 1.89 bits per heavy atom. The quantitative estimate of drug-likeness (QED) is 0.241. The molecule has 0 aromatic carbocycles. The Kier molecular flexibility index (Phi) is 6.68. The molecule has 0 radical (unpaired) electrons. The van der Waals surface area contributed by atoms with Crippen molar-refractivity contribution in [3.05, 3.63) is 11.6 Å². The molecule has 4 saturated carbocycles. The third-order valence-corrected chi connectivity index (χ3v) is 11.6. The molecule has 5 nitrogen and oxygen atoms in total. The fourth-order valence-corrected chi connectivity index (χ4v) is 9.95. The van der Waals surface area contributed by atoms with Crippen LogP contribution in [-0.4, -0.2) is 31.2 Å². The molecule has 0 spiro atoms. The first-order chi connectivity index (χ1) is 16.8. The Labute approximate surface area is 211 Å². The number of ether oxygens (including phenoxy) is 1. The molecule has 0 aromatic rings. The number of carbonyl (C=O) groups excluding carboxylic acids is 2. The third-order valence-electron chi connectivity index (χ3n) is 11.6. The summed E-state index contributed by atoms with van der Waals surface area (Å²) in [6, 6.07) is 0. The van der Waals surface area contributed by atoms with Gasteiger partial charge in [0.15, 0.2) is 0 Å². The summed E-state index contributed by atoms with van der Waals surface area (Å²) in [7, 11) is 1.41. The van der Waals surface area contributed by atoms with Crippen LogP contribution < -0.4 is 0 Å². The van der Waals surface area contributed by atoms with Gasteiger partial charge in [0.25, 0.3) is 0 Å². The lowest BCUT2D eigenvalue weighted by Gasteiger charge is -2.60. The topological polar surface area (TPSA) is 65.0 Å². The molecule has 0 amide bonds. The summed E-state index contributed by atoms with van der Waals surface area (Å²) >= 11 is 0. The van der Waals surface area contributed by atoms with Gasteiger partial charge in [-0.1, -0.05) is 37.4 Å². The minimum absolute atomic E-state index is 0.0461. The fourth-order valence-electron chi connectivity index (χ4n) is 9.95. The molecule has 4 fully saturated rings. The predicted octanol–water partition coefficient (Wildman–Crippen LogP) is 6.65. The maximum absolute atomic E-state index is 13.3. The van der Waals surface area contributed by atoms with E-state index in [9.17, 15) is 9.59 Å². The van der Waals surface area contributed by atoms with Crippen molar-refractivity contribution in [3.8, 4) is 0 Å². The zero-order valence-corrected chi connectivity index (χ0v) is 22.4. The largest absolute Gasteiger partial charge is 0.469 e. The number of oxime groups is 1. The molecule has 5 aliphatic carbocycles. The van der Waals surface area contributed by atoms with Gasteiger partial charge in [-0.15, -0.1) is 0 Å². The van der Waals surface area contributed by atoms with Crippen molar-refractivity contribution in [1.29, 1.82) is 0 Å². The van der Waals surface area contributed by atoms with E-state index in [2.05, 4.69) is 29.8 Å². The van der Waals surface area contributed by atoms with Crippen LogP contribution in [0.3, 0.4) is 0 Å². The number of rotatable bonds is 6. The SMILES string of the molecule is COC(=O)CCCO/N=C1/C=C2CC[C@@H]3[C@H](CC[C@@]4(C)[C@H]3C[C@H]3CCCC[C@]34C(C)=O)[C@@]2(C)CC1. The minimum atomic E-state index is -0.201. The summed E-state index contributed by atoms with van der Waals surface area (Å²) in [5.41, 5.74) is 3.03. The third kappa shape index (κ3) is 3.82. The average molecular weight is 484 g/mol. The number of carbonyl (C=O) groups is 2. The van der Waals surface area contributed by atoms with E-state index in [1.807, 2.05) is 6.92 Å². The molecule has 0 N–H and O–H groups in total. The molecule has 5 aliphatic rings. The molecule has 0 bridgehead atoms. The number of Topliss-reactive ketones (excluding diaryl/α,β-unsaturated/α-hetero) is 1. The molecule has 194 valence electrons. The minimum Gasteiger partial charge on any atom is -0.469 e. The normalized spacial score (nSPS) is 43.3. The van der Waals surface area contributed by atoms with E-state index in [0.29, 0.717) is 37.1 Å². The van der Waals surface area contributed by atoms with E-state index in [4.69, 9.17) is 4.84 Å². The van der Waals surface area contributed by atoms with Crippen molar-refractivity contribution in [1.82, 2.24) is 0 Å². The van der Waals surface area contributed by atoms with Crippen molar-refractivity contribution in [2.24, 2.45) is 45.1 Å². The lowest BCUT2D eigenvalue weighted by molar-refractivity contribution is -0.148. The standard InChI is InChI=1S/C30H45NO4/c1-20(32)30-14-6-5-8-22(30)19-26-24-11-10-21-18-23(31-35-17-7-9-27(33)34-4)12-15-28(21,2)25(24)13-16-29(26,30)3/h18,22,24-26H,5-17,19H2,1-4H3/b31-23+/t22-,24-,25+,26+,28+,29+,30+/m1/s1. The number of fused-ring (bicyclic) bond motifs is 7. The Morgan fingerprint density at radius 1 is 1.06 bits per heavy atom. The van der Waals surface area contributed by atoms with E-state index in [1.54, 1.807) is 5.57 Å². The summed E-state index contributed by atoms with van der Waals surface area (Å²) in [4.78, 5) is 30.1. The zero-order chi connectivity index (χ0) is 24.8. The summed E-state index contributed by atoms with van der Waals surface area (Å²) < 4.78 is 4.68. The summed E-state index contributed by atoms with van der Waals surface area (Å²) in [6.45, 7) is 7.41. The van der Waals surface area contributed by atoms with Crippen LogP contribution in [0.2, 0.25) is 0 Å². The molecule has 0 aliphatic heterocycles. The van der Waals surface area contributed by atoms with E-state index in [1.165, 1.54) is 52.1 Å². The van der Waals surface area contributed by atoms with Gasteiger partial charge in [-0.2, -0.15) is 0 Å². The number of esters is 1. The molecular formula is C30H45NO4. The molecular weight excluding hydrogens is 438 g/mol. The number of methoxy groups -OCH3 is 1. The predicted molar refractivity (Wildman–Crippen MR) is 137 cm³/mol. The number of allylic oxidation sites excluding steroid dienone is 2. The van der Waals surface area contributed by atoms with Gasteiger partial charge in [-0.3, -0.25) is 9.59 Å². The van der Waals surface area contributed by atoms with Crippen molar-refractivity contribution in [2.45, 2.75) is 104 Å². The van der Waals surface area contributed by atoms with Crippen molar-refractivity contribution < 1.29 is 19.2 Å². The first-order valence-electron chi connectivity index (χ1n) is 14.2. The van der Waals surface area contributed by atoms with E-state index in [-0.39, 0.29) is 22.2 Å². The molecule has 35 heavy (non-hydrogen) atoms. The van der Waals surface area contributed by atoms with Gasteiger partial charge in [0.05, 0.1) is 12.8 Å². The monoisotopic (exact) mass is 483 g/mol. The molecule has 0 heterocycles. The zero-order valence-electron chi connectivity index (χ0n) is 22.4. The molecule has 5 rings (SSSR count). The van der Waals surface area contributed by atoms with Gasteiger partial charge in [-0.05, 0) is 112 Å². The van der Waals surface area contributed by atoms with E-state index in [0.717, 1.165) is 43.2 Å². The van der Waals surface area contributed by atoms with Crippen LogP contribution in [0.15, 0.2) is 16.8 Å². The van der Waals surface area contributed by atoms with Crippen LogP contribution in [0, 0.1) is 39.9 Å². The van der Waals surface area contributed by atoms with Crippen molar-refractivity contribution >= 4 is 17.5 Å². The van der Waals surface area contributed by atoms with Gasteiger partial charge in [0.1, 0.15) is 12.4 Å². The summed E-state index contributed by atoms with van der Waals surface area (Å²) in [6.07, 6.45) is 16.6. The smallest absolute Gasteiger partial charge is 0.305 e. The average Bonchev–Trinajstić information content (AvgIpc) is 3.13. The van der Waals surface area contributed by atoms with Gasteiger partial charge >= 0.3 is 5.97 Å². The first kappa shape index (κ1) is 25.0. The van der Waals surface area contributed by atoms with Crippen LogP contribution in [-0.2, 0) is 19.2 Å². The summed E-state index contributed by atoms with van der Waals surface area (Å²) in [5.74, 6) is 3.11. The van der Waals surface area contributed by atoms with Crippen LogP contribution in [0.4, 0.5) is 0 Å². The van der Waals surface area contributed by atoms with E-state index < -0.39 is 0 Å². The second-order valence-corrected chi connectivity index (χ2v) is 12.8. The highest BCUT2D eigenvalue weighted by molar-refractivity contribution is 5.96. The highest BCUT2D eigenvalue weighted by Gasteiger charge is 2.69. The fraction of sp³-hybridized carbons (Fsp3) is 0.833. The maximum atomic E-state index is 13.3. The first-order valence-corrected chi connectivity index (χ1v) is 14.2. The van der Waals surface area contributed by atoms with Crippen molar-refractivity contribution in [2.75, 3.05) is 13.7 Å². The second-order valence-electron chi connectivity index (χ2n) is 12.8. The van der Waals surface area contributed by atoms with Crippen LogP contribution >= 0.6 is 0 Å². The van der Waals surface area contributed by atoms with Crippen LogP contribution in [0.1, 0.15) is 104 Å². The highest BCUT2D eigenvalue weighted by atomic mass is 16.6. The van der Waals surface area contributed by atoms with Crippen molar-refractivity contribution in [3.63, 3.8) is 0 Å².